The normalized spacial score (nSPS) is 40.3. The standard InChI is InChI=1S/C15H20Br2O2/c1-2-13-12(17)7-3-4-8-14-15(19-13)10-11(18-14)6-5-9-16/h3-4,6,9,11-15H,2,7-8,10H2,1H3/b4-3-/t5?,11-,12+,13-,14+,15+/m1/s1. The van der Waals surface area contributed by atoms with Crippen LogP contribution in [-0.4, -0.2) is 29.2 Å². The molecule has 2 nitrogen and oxygen atoms in total. The molecular formula is C15H20Br2O2. The summed E-state index contributed by atoms with van der Waals surface area (Å²) in [6.07, 6.45) is 11.0. The van der Waals surface area contributed by atoms with Crippen LogP contribution in [0.25, 0.3) is 0 Å². The largest absolute Gasteiger partial charge is 0.371 e. The maximum atomic E-state index is 6.29. The molecule has 0 aromatic carbocycles. The van der Waals surface area contributed by atoms with E-state index in [1.54, 1.807) is 4.99 Å². The maximum absolute atomic E-state index is 6.29. The van der Waals surface area contributed by atoms with Gasteiger partial charge in [-0.2, -0.15) is 0 Å². The van der Waals surface area contributed by atoms with E-state index in [9.17, 15) is 0 Å². The summed E-state index contributed by atoms with van der Waals surface area (Å²) in [6.45, 7) is 2.18. The number of hydrogen-bond donors (Lipinski definition) is 0. The Hall–Kier alpha value is 0.140. The fourth-order valence-corrected chi connectivity index (χ4v) is 3.49. The molecule has 0 amide bonds. The lowest BCUT2D eigenvalue weighted by molar-refractivity contribution is -0.0522. The van der Waals surface area contributed by atoms with E-state index >= 15 is 0 Å². The van der Waals surface area contributed by atoms with Crippen molar-refractivity contribution in [2.75, 3.05) is 0 Å². The summed E-state index contributed by atoms with van der Waals surface area (Å²) >= 11 is 6.97. The minimum absolute atomic E-state index is 0.114. The molecule has 2 rings (SSSR count). The van der Waals surface area contributed by atoms with Crippen LogP contribution in [0.15, 0.2) is 28.9 Å². The van der Waals surface area contributed by atoms with Gasteiger partial charge in [-0.05, 0) is 25.3 Å². The first kappa shape index (κ1) is 15.5. The summed E-state index contributed by atoms with van der Waals surface area (Å²) in [4.78, 5) is 2.12. The Kier molecular flexibility index (Phi) is 6.37. The predicted octanol–water partition coefficient (Wildman–Crippen LogP) is 4.48. The van der Waals surface area contributed by atoms with Crippen molar-refractivity contribution in [2.45, 2.75) is 61.9 Å². The highest BCUT2D eigenvalue weighted by Gasteiger charge is 2.37. The molecule has 0 unspecified atom stereocenters. The molecule has 1 fully saturated rings. The number of ether oxygens (including phenoxy) is 2. The highest BCUT2D eigenvalue weighted by molar-refractivity contribution is 9.11. The molecule has 2 aliphatic rings. The molecule has 0 aromatic heterocycles. The van der Waals surface area contributed by atoms with Crippen molar-refractivity contribution in [3.05, 3.63) is 28.9 Å². The minimum Gasteiger partial charge on any atom is -0.371 e. The molecule has 0 spiro atoms. The van der Waals surface area contributed by atoms with Crippen molar-refractivity contribution in [2.24, 2.45) is 0 Å². The topological polar surface area (TPSA) is 18.5 Å². The van der Waals surface area contributed by atoms with Gasteiger partial charge < -0.3 is 9.47 Å². The Balaban J connectivity index is 2.08. The van der Waals surface area contributed by atoms with Gasteiger partial charge in [0.1, 0.15) is 0 Å². The van der Waals surface area contributed by atoms with E-state index in [1.165, 1.54) is 0 Å². The second kappa shape index (κ2) is 7.80. The van der Waals surface area contributed by atoms with Crippen molar-refractivity contribution in [1.29, 1.82) is 0 Å². The Morgan fingerprint density at radius 2 is 2.05 bits per heavy atom. The molecule has 1 saturated heterocycles. The van der Waals surface area contributed by atoms with Gasteiger partial charge in [0.05, 0.1) is 24.4 Å². The number of allylic oxidation sites excluding steroid dienone is 1. The summed E-state index contributed by atoms with van der Waals surface area (Å²) in [5, 5.41) is 0. The lowest BCUT2D eigenvalue weighted by Crippen LogP contribution is -2.32. The summed E-state index contributed by atoms with van der Waals surface area (Å²) in [7, 11) is 0. The van der Waals surface area contributed by atoms with E-state index in [1.807, 2.05) is 6.08 Å². The number of rotatable bonds is 2. The average Bonchev–Trinajstić information content (AvgIpc) is 2.81. The quantitative estimate of drug-likeness (QED) is 0.392. The van der Waals surface area contributed by atoms with Crippen LogP contribution in [0.2, 0.25) is 0 Å². The molecule has 2 heterocycles. The third-order valence-electron chi connectivity index (χ3n) is 3.63. The predicted molar refractivity (Wildman–Crippen MR) is 84.9 cm³/mol. The van der Waals surface area contributed by atoms with E-state index in [4.69, 9.17) is 9.47 Å². The Bertz CT molecular complexity index is 374. The lowest BCUT2D eigenvalue weighted by Gasteiger charge is -2.26. The van der Waals surface area contributed by atoms with Crippen LogP contribution in [0.5, 0.6) is 0 Å². The van der Waals surface area contributed by atoms with Gasteiger partial charge in [0.15, 0.2) is 0 Å². The second-order valence-electron chi connectivity index (χ2n) is 4.97. The van der Waals surface area contributed by atoms with Gasteiger partial charge in [0.25, 0.3) is 0 Å². The van der Waals surface area contributed by atoms with Crippen molar-refractivity contribution < 1.29 is 9.47 Å². The Morgan fingerprint density at radius 3 is 2.79 bits per heavy atom. The van der Waals surface area contributed by atoms with E-state index in [0.29, 0.717) is 4.83 Å². The summed E-state index contributed by atoms with van der Waals surface area (Å²) in [6, 6.07) is 0. The first-order valence-corrected chi connectivity index (χ1v) is 8.69. The van der Waals surface area contributed by atoms with E-state index in [-0.39, 0.29) is 24.4 Å². The smallest absolute Gasteiger partial charge is 0.0880 e. The van der Waals surface area contributed by atoms with Crippen LogP contribution in [0.3, 0.4) is 0 Å². The van der Waals surface area contributed by atoms with Gasteiger partial charge in [0.2, 0.25) is 0 Å². The van der Waals surface area contributed by atoms with Crippen molar-refractivity contribution in [3.63, 3.8) is 0 Å². The minimum atomic E-state index is 0.114. The Morgan fingerprint density at radius 1 is 1.26 bits per heavy atom. The third-order valence-corrected chi connectivity index (χ3v) is 4.85. The fraction of sp³-hybridized carbons (Fsp3) is 0.667. The van der Waals surface area contributed by atoms with Crippen LogP contribution in [-0.2, 0) is 9.47 Å². The van der Waals surface area contributed by atoms with E-state index in [0.717, 1.165) is 25.7 Å². The van der Waals surface area contributed by atoms with Crippen molar-refractivity contribution in [3.8, 4) is 0 Å². The molecule has 19 heavy (non-hydrogen) atoms. The van der Waals surface area contributed by atoms with Gasteiger partial charge in [-0.15, -0.1) is 5.73 Å². The number of alkyl halides is 1. The highest BCUT2D eigenvalue weighted by Crippen LogP contribution is 2.31. The number of hydrogen-bond acceptors (Lipinski definition) is 2. The van der Waals surface area contributed by atoms with Crippen LogP contribution >= 0.6 is 31.9 Å². The molecule has 2 aliphatic heterocycles. The fourth-order valence-electron chi connectivity index (χ4n) is 2.62. The van der Waals surface area contributed by atoms with Gasteiger partial charge >= 0.3 is 0 Å². The molecule has 0 saturated carbocycles. The zero-order valence-electron chi connectivity index (χ0n) is 11.1. The van der Waals surface area contributed by atoms with Gasteiger partial charge in [-0.25, -0.2) is 0 Å². The van der Waals surface area contributed by atoms with Crippen molar-refractivity contribution >= 4 is 31.9 Å². The summed E-state index contributed by atoms with van der Waals surface area (Å²) < 4.78 is 12.3. The second-order valence-corrected chi connectivity index (χ2v) is 6.61. The zero-order valence-corrected chi connectivity index (χ0v) is 14.3. The van der Waals surface area contributed by atoms with Crippen molar-refractivity contribution in [1.82, 2.24) is 0 Å². The molecule has 0 bridgehead atoms. The molecule has 5 atom stereocenters. The first-order valence-electron chi connectivity index (χ1n) is 6.85. The van der Waals surface area contributed by atoms with Crippen LogP contribution in [0, 0.1) is 0 Å². The highest BCUT2D eigenvalue weighted by atomic mass is 79.9. The zero-order chi connectivity index (χ0) is 13.7. The molecular weight excluding hydrogens is 372 g/mol. The number of halogens is 2. The van der Waals surface area contributed by atoms with E-state index in [2.05, 4.69) is 56.7 Å². The molecule has 0 radical (unpaired) electrons. The van der Waals surface area contributed by atoms with Crippen LogP contribution in [0.4, 0.5) is 0 Å². The maximum Gasteiger partial charge on any atom is 0.0880 e. The number of fused-ring (bicyclic) bond motifs is 1. The molecule has 0 N–H and O–H groups in total. The third kappa shape index (κ3) is 4.30. The van der Waals surface area contributed by atoms with Gasteiger partial charge in [-0.3, -0.25) is 0 Å². The summed E-state index contributed by atoms with van der Waals surface area (Å²) in [5.41, 5.74) is 3.04. The first-order chi connectivity index (χ1) is 9.24. The Labute approximate surface area is 132 Å². The molecule has 106 valence electrons. The van der Waals surface area contributed by atoms with Gasteiger partial charge in [0, 0.05) is 16.2 Å². The SMILES string of the molecule is CC[C@H]1O[C@H]2C[C@@H](C=C=CBr)O[C@H]2C/C=C\C[C@@H]1Br. The van der Waals surface area contributed by atoms with Crippen LogP contribution < -0.4 is 0 Å². The average molecular weight is 392 g/mol. The monoisotopic (exact) mass is 390 g/mol. The van der Waals surface area contributed by atoms with Gasteiger partial charge in [-0.1, -0.05) is 50.9 Å². The lowest BCUT2D eigenvalue weighted by atomic mass is 10.1. The summed E-state index contributed by atoms with van der Waals surface area (Å²) in [5.74, 6) is 0. The molecule has 4 heteroatoms. The molecule has 0 aromatic rings. The van der Waals surface area contributed by atoms with E-state index < -0.39 is 0 Å². The molecule has 0 aliphatic carbocycles. The van der Waals surface area contributed by atoms with Crippen LogP contribution in [0.1, 0.15) is 32.6 Å².